The van der Waals surface area contributed by atoms with E-state index in [0.717, 1.165) is 12.1 Å². The summed E-state index contributed by atoms with van der Waals surface area (Å²) in [6, 6.07) is 6.09. The molecule has 0 saturated heterocycles. The Bertz CT molecular complexity index is 612. The summed E-state index contributed by atoms with van der Waals surface area (Å²) in [4.78, 5) is 19.7. The molecule has 1 heterocycles. The molecule has 1 aromatic carbocycles. The molecule has 2 rings (SSSR count). The zero-order valence-corrected chi connectivity index (χ0v) is 12.7. The van der Waals surface area contributed by atoms with E-state index in [2.05, 4.69) is 14.7 Å². The lowest BCUT2D eigenvalue weighted by Gasteiger charge is -2.20. The molecule has 0 bridgehead atoms. The zero-order chi connectivity index (χ0) is 16.8. The summed E-state index contributed by atoms with van der Waals surface area (Å²) < 4.78 is 28.6. The van der Waals surface area contributed by atoms with E-state index in [9.17, 15) is 13.6 Å². The molecule has 0 radical (unpaired) electrons. The van der Waals surface area contributed by atoms with Crippen LogP contribution in [0.1, 0.15) is 31.7 Å². The van der Waals surface area contributed by atoms with Gasteiger partial charge >= 0.3 is 12.6 Å². The van der Waals surface area contributed by atoms with Crippen molar-refractivity contribution in [3.63, 3.8) is 0 Å². The second-order valence-electron chi connectivity index (χ2n) is 5.22. The van der Waals surface area contributed by atoms with Crippen molar-refractivity contribution in [1.82, 2.24) is 0 Å². The van der Waals surface area contributed by atoms with Gasteiger partial charge < -0.3 is 9.84 Å². The number of carbonyl (C=O) groups is 1. The molecule has 0 aromatic heterocycles. The van der Waals surface area contributed by atoms with Crippen LogP contribution in [0.2, 0.25) is 0 Å². The lowest BCUT2D eigenvalue weighted by molar-refractivity contribution is -0.137. The largest absolute Gasteiger partial charge is 0.481 e. The Kier molecular flexibility index (Phi) is 5.78. The van der Waals surface area contributed by atoms with Crippen LogP contribution in [-0.2, 0) is 4.79 Å². The molecule has 1 aliphatic rings. The van der Waals surface area contributed by atoms with Gasteiger partial charge in [-0.15, -0.1) is 0 Å². The highest BCUT2D eigenvalue weighted by atomic mass is 19.3. The number of amidine groups is 1. The van der Waals surface area contributed by atoms with Crippen molar-refractivity contribution in [3.8, 4) is 5.75 Å². The molecule has 1 aromatic rings. The molecule has 0 aliphatic carbocycles. The highest BCUT2D eigenvalue weighted by Crippen LogP contribution is 2.21. The van der Waals surface area contributed by atoms with E-state index >= 15 is 0 Å². The molecule has 124 valence electrons. The fourth-order valence-corrected chi connectivity index (χ4v) is 2.42. The van der Waals surface area contributed by atoms with Gasteiger partial charge in [0.1, 0.15) is 5.75 Å². The SMILES string of the molecule is CCCC1=NC(c2ccc(OC(F)F)cc2)=NCC1CC(=O)O. The van der Waals surface area contributed by atoms with Crippen LogP contribution in [0.15, 0.2) is 34.3 Å². The second kappa shape index (κ2) is 7.80. The third-order valence-corrected chi connectivity index (χ3v) is 3.45. The number of halogens is 2. The maximum atomic E-state index is 12.1. The van der Waals surface area contributed by atoms with Crippen molar-refractivity contribution in [2.45, 2.75) is 32.8 Å². The Hall–Kier alpha value is -2.31. The van der Waals surface area contributed by atoms with E-state index in [1.54, 1.807) is 12.1 Å². The molecule has 0 fully saturated rings. The van der Waals surface area contributed by atoms with E-state index < -0.39 is 12.6 Å². The number of nitrogens with zero attached hydrogens (tertiary/aromatic N) is 2. The summed E-state index contributed by atoms with van der Waals surface area (Å²) in [6.45, 7) is -0.489. The van der Waals surface area contributed by atoms with E-state index in [1.807, 2.05) is 6.92 Å². The number of aliphatic carboxylic acids is 1. The monoisotopic (exact) mass is 324 g/mol. The Morgan fingerprint density at radius 2 is 2.09 bits per heavy atom. The Balaban J connectivity index is 2.16. The highest BCUT2D eigenvalue weighted by molar-refractivity contribution is 6.09. The molecule has 0 spiro atoms. The van der Waals surface area contributed by atoms with E-state index in [1.165, 1.54) is 12.1 Å². The second-order valence-corrected chi connectivity index (χ2v) is 5.22. The molecule has 1 aliphatic heterocycles. The topological polar surface area (TPSA) is 71.2 Å². The van der Waals surface area contributed by atoms with Gasteiger partial charge in [0, 0.05) is 23.7 Å². The maximum Gasteiger partial charge on any atom is 0.387 e. The average molecular weight is 324 g/mol. The van der Waals surface area contributed by atoms with Gasteiger partial charge in [-0.1, -0.05) is 13.3 Å². The molecule has 7 heteroatoms. The van der Waals surface area contributed by atoms with Crippen LogP contribution >= 0.6 is 0 Å². The summed E-state index contributed by atoms with van der Waals surface area (Å²) >= 11 is 0. The molecule has 5 nitrogen and oxygen atoms in total. The average Bonchev–Trinajstić information content (AvgIpc) is 2.49. The first-order valence-electron chi connectivity index (χ1n) is 7.38. The number of hydrogen-bond acceptors (Lipinski definition) is 4. The van der Waals surface area contributed by atoms with Gasteiger partial charge in [-0.2, -0.15) is 8.78 Å². The van der Waals surface area contributed by atoms with Crippen molar-refractivity contribution in [2.24, 2.45) is 15.9 Å². The predicted octanol–water partition coefficient (Wildman–Crippen LogP) is 3.38. The number of alkyl halides is 2. The lowest BCUT2D eigenvalue weighted by Crippen LogP contribution is -2.26. The fourth-order valence-electron chi connectivity index (χ4n) is 2.42. The zero-order valence-electron chi connectivity index (χ0n) is 12.7. The molecule has 1 N–H and O–H groups in total. The Morgan fingerprint density at radius 1 is 1.39 bits per heavy atom. The molecule has 23 heavy (non-hydrogen) atoms. The molecular formula is C16H18F2N2O3. The van der Waals surface area contributed by atoms with Crippen LogP contribution in [0.5, 0.6) is 5.75 Å². The molecule has 0 saturated carbocycles. The molecule has 1 atom stereocenters. The third kappa shape index (κ3) is 4.84. The highest BCUT2D eigenvalue weighted by Gasteiger charge is 2.23. The van der Waals surface area contributed by atoms with Gasteiger partial charge in [0.25, 0.3) is 0 Å². The van der Waals surface area contributed by atoms with Crippen molar-refractivity contribution < 1.29 is 23.4 Å². The normalized spacial score (nSPS) is 17.7. The quantitative estimate of drug-likeness (QED) is 0.836. The van der Waals surface area contributed by atoms with Gasteiger partial charge in [0.15, 0.2) is 5.84 Å². The van der Waals surface area contributed by atoms with Gasteiger partial charge in [0.2, 0.25) is 0 Å². The minimum absolute atomic E-state index is 0.0107. The Morgan fingerprint density at radius 3 is 2.65 bits per heavy atom. The first-order chi connectivity index (χ1) is 11.0. The van der Waals surface area contributed by atoms with Crippen LogP contribution in [0.3, 0.4) is 0 Å². The number of ether oxygens (including phenoxy) is 1. The number of hydrogen-bond donors (Lipinski definition) is 1. The maximum absolute atomic E-state index is 12.1. The van der Waals surface area contributed by atoms with E-state index in [4.69, 9.17) is 5.11 Å². The molecule has 1 unspecified atom stereocenters. The summed E-state index contributed by atoms with van der Waals surface area (Å²) in [5, 5.41) is 8.96. The van der Waals surface area contributed by atoms with Gasteiger partial charge in [-0.05, 0) is 30.7 Å². The van der Waals surface area contributed by atoms with Crippen molar-refractivity contribution in [2.75, 3.05) is 6.54 Å². The van der Waals surface area contributed by atoms with Crippen LogP contribution in [0.25, 0.3) is 0 Å². The summed E-state index contributed by atoms with van der Waals surface area (Å²) in [7, 11) is 0. The van der Waals surface area contributed by atoms with Crippen molar-refractivity contribution in [3.05, 3.63) is 29.8 Å². The summed E-state index contributed by atoms with van der Waals surface area (Å²) in [5.74, 6) is -0.482. The minimum Gasteiger partial charge on any atom is -0.481 e. The number of aliphatic imine (C=N–C) groups is 2. The van der Waals surface area contributed by atoms with Gasteiger partial charge in [-0.3, -0.25) is 9.79 Å². The third-order valence-electron chi connectivity index (χ3n) is 3.45. The number of benzene rings is 1. The Labute approximate surface area is 132 Å². The molecular weight excluding hydrogens is 306 g/mol. The first-order valence-corrected chi connectivity index (χ1v) is 7.38. The predicted molar refractivity (Wildman–Crippen MR) is 82.6 cm³/mol. The number of rotatable bonds is 7. The number of carboxylic acids is 1. The first kappa shape index (κ1) is 17.1. The summed E-state index contributed by atoms with van der Waals surface area (Å²) in [6.07, 6.45) is 1.59. The van der Waals surface area contributed by atoms with E-state index in [-0.39, 0.29) is 18.1 Å². The fraction of sp³-hybridized carbons (Fsp3) is 0.438. The van der Waals surface area contributed by atoms with Crippen molar-refractivity contribution in [1.29, 1.82) is 0 Å². The van der Waals surface area contributed by atoms with Crippen molar-refractivity contribution >= 4 is 17.5 Å². The lowest BCUT2D eigenvalue weighted by atomic mass is 9.94. The smallest absolute Gasteiger partial charge is 0.387 e. The number of carboxylic acid groups (broad SMARTS) is 1. The van der Waals surface area contributed by atoms with Crippen LogP contribution in [-0.4, -0.2) is 35.8 Å². The standard InChI is InChI=1S/C16H18F2N2O3/c1-2-3-13-11(8-14(21)22)9-19-15(20-13)10-4-6-12(7-5-10)23-16(17)18/h4-7,11,16H,2-3,8-9H2,1H3,(H,21,22). The molecule has 0 amide bonds. The van der Waals surface area contributed by atoms with Crippen LogP contribution in [0, 0.1) is 5.92 Å². The minimum atomic E-state index is -2.86. The van der Waals surface area contributed by atoms with Crippen LogP contribution in [0.4, 0.5) is 8.78 Å². The van der Waals surface area contributed by atoms with Gasteiger partial charge in [-0.25, -0.2) is 4.99 Å². The van der Waals surface area contributed by atoms with Crippen LogP contribution < -0.4 is 4.74 Å². The van der Waals surface area contributed by atoms with Gasteiger partial charge in [0.05, 0.1) is 6.42 Å². The summed E-state index contributed by atoms with van der Waals surface area (Å²) in [5.41, 5.74) is 1.52. The van der Waals surface area contributed by atoms with E-state index in [0.29, 0.717) is 24.4 Å².